The Kier molecular flexibility index (Phi) is 2.77. The van der Waals surface area contributed by atoms with Crippen molar-refractivity contribution in [2.75, 3.05) is 6.61 Å². The van der Waals surface area contributed by atoms with Crippen molar-refractivity contribution in [3.63, 3.8) is 0 Å². The summed E-state index contributed by atoms with van der Waals surface area (Å²) in [5, 5.41) is 0. The van der Waals surface area contributed by atoms with Crippen LogP contribution in [0.25, 0.3) is 0 Å². The molecule has 2 rings (SSSR count). The molecule has 2 atom stereocenters. The molecular weight excluding hydrogens is 208 g/mol. The predicted octanol–water partition coefficient (Wildman–Crippen LogP) is 2.19. The molecule has 0 spiro atoms. The van der Waals surface area contributed by atoms with E-state index in [2.05, 4.69) is 6.58 Å². The standard InChI is InChI=1S/C12H20O4/c1-8-6-9(15-12(4,5)14-8)10-7-13-11(2,3)16-10/h9-10H,1,6-7H2,2-5H3/t9?,10-/m1/s1. The summed E-state index contributed by atoms with van der Waals surface area (Å²) in [5.74, 6) is -0.400. The molecule has 1 unspecified atom stereocenters. The summed E-state index contributed by atoms with van der Waals surface area (Å²) >= 11 is 0. The van der Waals surface area contributed by atoms with E-state index >= 15 is 0 Å². The molecule has 2 aliphatic heterocycles. The van der Waals surface area contributed by atoms with Crippen molar-refractivity contribution < 1.29 is 18.9 Å². The van der Waals surface area contributed by atoms with E-state index in [1.165, 1.54) is 0 Å². The van der Waals surface area contributed by atoms with Crippen LogP contribution in [-0.2, 0) is 18.9 Å². The zero-order valence-electron chi connectivity index (χ0n) is 10.4. The quantitative estimate of drug-likeness (QED) is 0.689. The second-order valence-corrected chi connectivity index (χ2v) is 5.27. The lowest BCUT2D eigenvalue weighted by atomic mass is 10.1. The molecule has 0 aliphatic carbocycles. The lowest BCUT2D eigenvalue weighted by molar-refractivity contribution is -0.269. The fourth-order valence-corrected chi connectivity index (χ4v) is 2.15. The molecular formula is C12H20O4. The van der Waals surface area contributed by atoms with E-state index in [0.717, 1.165) is 5.76 Å². The first-order valence-electron chi connectivity index (χ1n) is 5.64. The van der Waals surface area contributed by atoms with Gasteiger partial charge in [0.15, 0.2) is 5.79 Å². The van der Waals surface area contributed by atoms with Crippen LogP contribution < -0.4 is 0 Å². The topological polar surface area (TPSA) is 36.9 Å². The molecule has 0 radical (unpaired) electrons. The molecule has 0 amide bonds. The van der Waals surface area contributed by atoms with Crippen LogP contribution in [0.15, 0.2) is 12.3 Å². The van der Waals surface area contributed by atoms with Crippen molar-refractivity contribution in [3.05, 3.63) is 12.3 Å². The molecule has 0 aromatic rings. The van der Waals surface area contributed by atoms with Gasteiger partial charge in [0, 0.05) is 20.3 Å². The van der Waals surface area contributed by atoms with E-state index < -0.39 is 11.6 Å². The number of ether oxygens (including phenoxy) is 4. The van der Waals surface area contributed by atoms with Gasteiger partial charge in [-0.15, -0.1) is 0 Å². The third-order valence-corrected chi connectivity index (χ3v) is 2.70. The molecule has 0 bridgehead atoms. The molecule has 16 heavy (non-hydrogen) atoms. The van der Waals surface area contributed by atoms with E-state index in [9.17, 15) is 0 Å². The van der Waals surface area contributed by atoms with Gasteiger partial charge in [-0.2, -0.15) is 0 Å². The van der Waals surface area contributed by atoms with Crippen molar-refractivity contribution in [2.24, 2.45) is 0 Å². The van der Waals surface area contributed by atoms with Gasteiger partial charge in [0.2, 0.25) is 5.79 Å². The van der Waals surface area contributed by atoms with Crippen molar-refractivity contribution in [3.8, 4) is 0 Å². The molecule has 2 aliphatic rings. The summed E-state index contributed by atoms with van der Waals surface area (Å²) in [5.41, 5.74) is 0. The van der Waals surface area contributed by atoms with Crippen LogP contribution in [0, 0.1) is 0 Å². The summed E-state index contributed by atoms with van der Waals surface area (Å²) in [6, 6.07) is 0. The van der Waals surface area contributed by atoms with Gasteiger partial charge in [-0.25, -0.2) is 0 Å². The molecule has 0 aromatic heterocycles. The van der Waals surface area contributed by atoms with E-state index in [0.29, 0.717) is 13.0 Å². The molecule has 0 N–H and O–H groups in total. The highest BCUT2D eigenvalue weighted by molar-refractivity contribution is 4.96. The predicted molar refractivity (Wildman–Crippen MR) is 58.7 cm³/mol. The van der Waals surface area contributed by atoms with Crippen molar-refractivity contribution in [2.45, 2.75) is 57.9 Å². The third-order valence-electron chi connectivity index (χ3n) is 2.70. The second kappa shape index (κ2) is 3.72. The molecule has 4 heteroatoms. The Morgan fingerprint density at radius 3 is 2.19 bits per heavy atom. The fraction of sp³-hybridized carbons (Fsp3) is 0.833. The van der Waals surface area contributed by atoms with E-state index in [4.69, 9.17) is 18.9 Å². The minimum atomic E-state index is -0.629. The van der Waals surface area contributed by atoms with Gasteiger partial charge in [0.1, 0.15) is 6.10 Å². The first-order valence-corrected chi connectivity index (χ1v) is 5.64. The highest BCUT2D eigenvalue weighted by atomic mass is 16.8. The van der Waals surface area contributed by atoms with Gasteiger partial charge in [-0.05, 0) is 13.8 Å². The lowest BCUT2D eigenvalue weighted by Crippen LogP contribution is -2.45. The Labute approximate surface area is 96.5 Å². The second-order valence-electron chi connectivity index (χ2n) is 5.27. The smallest absolute Gasteiger partial charge is 0.204 e. The Morgan fingerprint density at radius 2 is 1.69 bits per heavy atom. The maximum absolute atomic E-state index is 5.83. The highest BCUT2D eigenvalue weighted by Crippen LogP contribution is 2.34. The van der Waals surface area contributed by atoms with Crippen molar-refractivity contribution in [1.29, 1.82) is 0 Å². The molecule has 2 fully saturated rings. The Morgan fingerprint density at radius 1 is 1.06 bits per heavy atom. The fourth-order valence-electron chi connectivity index (χ4n) is 2.15. The molecule has 2 saturated heterocycles. The van der Waals surface area contributed by atoms with Crippen LogP contribution in [0.2, 0.25) is 0 Å². The number of rotatable bonds is 1. The molecule has 0 aromatic carbocycles. The summed E-state index contributed by atoms with van der Waals surface area (Å²) in [4.78, 5) is 0. The van der Waals surface area contributed by atoms with Gasteiger partial charge < -0.3 is 18.9 Å². The van der Waals surface area contributed by atoms with E-state index in [1.807, 2.05) is 27.7 Å². The van der Waals surface area contributed by atoms with Crippen LogP contribution in [0.5, 0.6) is 0 Å². The zero-order chi connectivity index (χ0) is 12.0. The molecule has 2 heterocycles. The van der Waals surface area contributed by atoms with Crippen molar-refractivity contribution in [1.82, 2.24) is 0 Å². The van der Waals surface area contributed by atoms with E-state index in [-0.39, 0.29) is 12.2 Å². The summed E-state index contributed by atoms with van der Waals surface area (Å²) < 4.78 is 22.7. The maximum Gasteiger partial charge on any atom is 0.204 e. The first-order chi connectivity index (χ1) is 7.27. The minimum Gasteiger partial charge on any atom is -0.468 e. The van der Waals surface area contributed by atoms with Gasteiger partial charge in [0.05, 0.1) is 18.5 Å². The molecule has 92 valence electrons. The van der Waals surface area contributed by atoms with Gasteiger partial charge in [-0.1, -0.05) is 6.58 Å². The SMILES string of the molecule is C=C1CC([C@H]2COC(C)(C)O2)OC(C)(C)O1. The maximum atomic E-state index is 5.83. The van der Waals surface area contributed by atoms with Gasteiger partial charge in [-0.3, -0.25) is 0 Å². The van der Waals surface area contributed by atoms with Gasteiger partial charge in [0.25, 0.3) is 0 Å². The molecule has 4 nitrogen and oxygen atoms in total. The van der Waals surface area contributed by atoms with E-state index in [1.54, 1.807) is 0 Å². The third kappa shape index (κ3) is 2.56. The summed E-state index contributed by atoms with van der Waals surface area (Å²) in [6.45, 7) is 12.0. The summed E-state index contributed by atoms with van der Waals surface area (Å²) in [7, 11) is 0. The van der Waals surface area contributed by atoms with Gasteiger partial charge >= 0.3 is 0 Å². The average Bonchev–Trinajstić information content (AvgIpc) is 2.42. The number of hydrogen-bond donors (Lipinski definition) is 0. The zero-order valence-corrected chi connectivity index (χ0v) is 10.4. The van der Waals surface area contributed by atoms with Crippen LogP contribution in [0.3, 0.4) is 0 Å². The highest BCUT2D eigenvalue weighted by Gasteiger charge is 2.43. The Balaban J connectivity index is 2.02. The lowest BCUT2D eigenvalue weighted by Gasteiger charge is -2.39. The van der Waals surface area contributed by atoms with Crippen LogP contribution >= 0.6 is 0 Å². The van der Waals surface area contributed by atoms with Crippen LogP contribution in [-0.4, -0.2) is 30.4 Å². The monoisotopic (exact) mass is 228 g/mol. The average molecular weight is 228 g/mol. The van der Waals surface area contributed by atoms with Crippen LogP contribution in [0.1, 0.15) is 34.1 Å². The first kappa shape index (κ1) is 11.9. The summed E-state index contributed by atoms with van der Waals surface area (Å²) in [6.07, 6.45) is 0.570. The normalized spacial score (nSPS) is 37.1. The Hall–Kier alpha value is -0.580. The van der Waals surface area contributed by atoms with Crippen LogP contribution in [0.4, 0.5) is 0 Å². The Bertz CT molecular complexity index is 295. The molecule has 0 saturated carbocycles. The number of hydrogen-bond acceptors (Lipinski definition) is 4. The largest absolute Gasteiger partial charge is 0.468 e. The minimum absolute atomic E-state index is 0.0435. The van der Waals surface area contributed by atoms with Crippen molar-refractivity contribution >= 4 is 0 Å².